The van der Waals surface area contributed by atoms with Crippen molar-refractivity contribution in [3.8, 4) is 0 Å². The highest BCUT2D eigenvalue weighted by atomic mass is 35.5. The number of carbonyl (C=O) groups is 1. The van der Waals surface area contributed by atoms with Crippen molar-refractivity contribution in [2.24, 2.45) is 5.41 Å². The van der Waals surface area contributed by atoms with E-state index in [9.17, 15) is 4.79 Å². The van der Waals surface area contributed by atoms with Gasteiger partial charge in [0.1, 0.15) is 0 Å². The van der Waals surface area contributed by atoms with Crippen molar-refractivity contribution in [1.82, 2.24) is 0 Å². The summed E-state index contributed by atoms with van der Waals surface area (Å²) >= 11 is 6.08. The number of hydrogen-bond acceptors (Lipinski definition) is 2. The van der Waals surface area contributed by atoms with Gasteiger partial charge in [-0.3, -0.25) is 0 Å². The first-order valence-corrected chi connectivity index (χ1v) is 6.94. The predicted octanol–water partition coefficient (Wildman–Crippen LogP) is 4.31. The lowest BCUT2D eigenvalue weighted by molar-refractivity contribution is -0.131. The number of nitrogens with zero attached hydrogens (tertiary/aromatic N) is 1. The Morgan fingerprint density at radius 3 is 2.50 bits per heavy atom. The van der Waals surface area contributed by atoms with Crippen LogP contribution in [0, 0.1) is 5.41 Å². The third-order valence-corrected chi connectivity index (χ3v) is 3.85. The summed E-state index contributed by atoms with van der Waals surface area (Å²) in [6.07, 6.45) is 2.74. The normalized spacial score (nSPS) is 13.5. The van der Waals surface area contributed by atoms with Gasteiger partial charge in [-0.25, -0.2) is 4.79 Å². The van der Waals surface area contributed by atoms with Gasteiger partial charge in [0.15, 0.2) is 0 Å². The monoisotopic (exact) mass is 295 g/mol. The van der Waals surface area contributed by atoms with E-state index in [-0.39, 0.29) is 11.5 Å². The van der Waals surface area contributed by atoms with Gasteiger partial charge in [0, 0.05) is 29.9 Å². The van der Waals surface area contributed by atoms with Gasteiger partial charge in [0.05, 0.1) is 0 Å². The molecule has 0 spiro atoms. The SMILES string of the molecule is CC(N(C)c1cc(Cl)ccc1/C=C/C(=O)O)C(C)(C)C. The van der Waals surface area contributed by atoms with Crippen LogP contribution in [-0.4, -0.2) is 24.2 Å². The first kappa shape index (κ1) is 16.6. The van der Waals surface area contributed by atoms with Gasteiger partial charge < -0.3 is 10.0 Å². The Balaban J connectivity index is 3.21. The quantitative estimate of drug-likeness (QED) is 0.842. The van der Waals surface area contributed by atoms with Crippen LogP contribution in [0.5, 0.6) is 0 Å². The summed E-state index contributed by atoms with van der Waals surface area (Å²) in [5.74, 6) is -0.961. The molecule has 0 heterocycles. The molecule has 0 aromatic heterocycles. The van der Waals surface area contributed by atoms with Crippen molar-refractivity contribution in [3.05, 3.63) is 34.9 Å². The molecule has 20 heavy (non-hydrogen) atoms. The summed E-state index contributed by atoms with van der Waals surface area (Å²) in [6.45, 7) is 8.66. The van der Waals surface area contributed by atoms with Crippen molar-refractivity contribution in [2.45, 2.75) is 33.7 Å². The summed E-state index contributed by atoms with van der Waals surface area (Å²) in [6, 6.07) is 5.74. The molecule has 0 bridgehead atoms. The highest BCUT2D eigenvalue weighted by Crippen LogP contribution is 2.31. The molecule has 1 rings (SSSR count). The van der Waals surface area contributed by atoms with Crippen molar-refractivity contribution in [2.75, 3.05) is 11.9 Å². The average molecular weight is 296 g/mol. The fourth-order valence-electron chi connectivity index (χ4n) is 1.91. The fourth-order valence-corrected chi connectivity index (χ4v) is 2.08. The lowest BCUT2D eigenvalue weighted by Gasteiger charge is -2.37. The molecule has 0 saturated carbocycles. The molecular weight excluding hydrogens is 274 g/mol. The van der Waals surface area contributed by atoms with E-state index in [0.717, 1.165) is 17.3 Å². The van der Waals surface area contributed by atoms with Crippen molar-refractivity contribution >= 4 is 29.3 Å². The van der Waals surface area contributed by atoms with E-state index in [1.807, 2.05) is 19.2 Å². The molecule has 1 N–H and O–H groups in total. The second-order valence-electron chi connectivity index (χ2n) is 6.03. The second-order valence-corrected chi connectivity index (χ2v) is 6.46. The van der Waals surface area contributed by atoms with E-state index in [2.05, 4.69) is 32.6 Å². The van der Waals surface area contributed by atoms with Gasteiger partial charge in [-0.05, 0) is 36.1 Å². The van der Waals surface area contributed by atoms with Crippen LogP contribution < -0.4 is 4.90 Å². The predicted molar refractivity (Wildman–Crippen MR) is 85.4 cm³/mol. The summed E-state index contributed by atoms with van der Waals surface area (Å²) in [5.41, 5.74) is 1.87. The summed E-state index contributed by atoms with van der Waals surface area (Å²) in [4.78, 5) is 12.8. The number of rotatable bonds is 4. The third-order valence-electron chi connectivity index (χ3n) is 3.61. The molecule has 1 aromatic rings. The molecule has 0 amide bonds. The van der Waals surface area contributed by atoms with Crippen molar-refractivity contribution < 1.29 is 9.90 Å². The molecular formula is C16H22ClNO2. The highest BCUT2D eigenvalue weighted by Gasteiger charge is 2.25. The zero-order chi connectivity index (χ0) is 15.5. The van der Waals surface area contributed by atoms with Crippen LogP contribution in [0.4, 0.5) is 5.69 Å². The zero-order valence-corrected chi connectivity index (χ0v) is 13.4. The van der Waals surface area contributed by atoms with Gasteiger partial charge in [-0.15, -0.1) is 0 Å². The molecule has 3 nitrogen and oxygen atoms in total. The summed E-state index contributed by atoms with van der Waals surface area (Å²) < 4.78 is 0. The molecule has 0 fully saturated rings. The van der Waals surface area contributed by atoms with Crippen LogP contribution in [0.2, 0.25) is 5.02 Å². The lowest BCUT2D eigenvalue weighted by Crippen LogP contribution is -2.39. The first-order chi connectivity index (χ1) is 9.12. The maximum Gasteiger partial charge on any atom is 0.328 e. The Morgan fingerprint density at radius 1 is 1.40 bits per heavy atom. The molecule has 1 unspecified atom stereocenters. The highest BCUT2D eigenvalue weighted by molar-refractivity contribution is 6.31. The maximum atomic E-state index is 10.7. The maximum absolute atomic E-state index is 10.7. The molecule has 0 radical (unpaired) electrons. The Hall–Kier alpha value is -1.48. The van der Waals surface area contributed by atoms with Crippen molar-refractivity contribution in [1.29, 1.82) is 0 Å². The Bertz CT molecular complexity index is 518. The first-order valence-electron chi connectivity index (χ1n) is 6.56. The van der Waals surface area contributed by atoms with Gasteiger partial charge >= 0.3 is 5.97 Å². The largest absolute Gasteiger partial charge is 0.478 e. The number of anilines is 1. The molecule has 0 aliphatic heterocycles. The van der Waals surface area contributed by atoms with E-state index >= 15 is 0 Å². The van der Waals surface area contributed by atoms with E-state index in [4.69, 9.17) is 16.7 Å². The number of hydrogen-bond donors (Lipinski definition) is 1. The van der Waals surface area contributed by atoms with E-state index in [0.29, 0.717) is 5.02 Å². The summed E-state index contributed by atoms with van der Waals surface area (Å²) in [7, 11) is 2.00. The third kappa shape index (κ3) is 4.27. The minimum Gasteiger partial charge on any atom is -0.478 e. The number of aliphatic carboxylic acids is 1. The van der Waals surface area contributed by atoms with E-state index in [1.54, 1.807) is 12.1 Å². The fraction of sp³-hybridized carbons (Fsp3) is 0.438. The number of halogens is 1. The molecule has 110 valence electrons. The molecule has 1 atom stereocenters. The number of benzene rings is 1. The van der Waals surface area contributed by atoms with Crippen LogP contribution in [0.25, 0.3) is 6.08 Å². The van der Waals surface area contributed by atoms with Crippen LogP contribution in [-0.2, 0) is 4.79 Å². The Labute approximate surface area is 125 Å². The van der Waals surface area contributed by atoms with Crippen LogP contribution in [0.15, 0.2) is 24.3 Å². The minimum atomic E-state index is -0.961. The van der Waals surface area contributed by atoms with Crippen LogP contribution in [0.3, 0.4) is 0 Å². The minimum absolute atomic E-state index is 0.102. The standard InChI is InChI=1S/C16H22ClNO2/c1-11(16(2,3)4)18(5)14-10-13(17)8-6-12(14)7-9-15(19)20/h6-11H,1-5H3,(H,19,20)/b9-7+. The Kier molecular flexibility index (Phi) is 5.23. The zero-order valence-electron chi connectivity index (χ0n) is 12.6. The van der Waals surface area contributed by atoms with Gasteiger partial charge in [-0.2, -0.15) is 0 Å². The van der Waals surface area contributed by atoms with Gasteiger partial charge in [0.2, 0.25) is 0 Å². The smallest absolute Gasteiger partial charge is 0.328 e. The molecule has 1 aromatic carbocycles. The number of carboxylic acid groups (broad SMARTS) is 1. The van der Waals surface area contributed by atoms with Crippen molar-refractivity contribution in [3.63, 3.8) is 0 Å². The van der Waals surface area contributed by atoms with Crippen LogP contribution >= 0.6 is 11.6 Å². The molecule has 0 aliphatic carbocycles. The van der Waals surface area contributed by atoms with E-state index in [1.165, 1.54) is 0 Å². The molecule has 4 heteroatoms. The van der Waals surface area contributed by atoms with Crippen LogP contribution in [0.1, 0.15) is 33.3 Å². The number of carboxylic acids is 1. The lowest BCUT2D eigenvalue weighted by atomic mass is 9.86. The molecule has 0 saturated heterocycles. The topological polar surface area (TPSA) is 40.5 Å². The Morgan fingerprint density at radius 2 is 2.00 bits per heavy atom. The molecule has 0 aliphatic rings. The van der Waals surface area contributed by atoms with Gasteiger partial charge in [-0.1, -0.05) is 38.4 Å². The van der Waals surface area contributed by atoms with E-state index < -0.39 is 5.97 Å². The average Bonchev–Trinajstić information content (AvgIpc) is 2.34. The van der Waals surface area contributed by atoms with Gasteiger partial charge in [0.25, 0.3) is 0 Å². The second kappa shape index (κ2) is 6.31. The summed E-state index contributed by atoms with van der Waals surface area (Å²) in [5, 5.41) is 9.41.